The van der Waals surface area contributed by atoms with Gasteiger partial charge in [-0.05, 0) is 30.0 Å². The zero-order valence-electron chi connectivity index (χ0n) is 11.5. The molecule has 0 saturated heterocycles. The second-order valence-corrected chi connectivity index (χ2v) is 5.37. The molecular weight excluding hydrogens is 287 g/mol. The van der Waals surface area contributed by atoms with Crippen molar-refractivity contribution in [2.24, 2.45) is 4.99 Å². The van der Waals surface area contributed by atoms with Gasteiger partial charge in [0.05, 0.1) is 0 Å². The van der Waals surface area contributed by atoms with Crippen molar-refractivity contribution in [2.45, 2.75) is 6.92 Å². The molecule has 0 spiro atoms. The predicted octanol–water partition coefficient (Wildman–Crippen LogP) is 4.00. The van der Waals surface area contributed by atoms with E-state index >= 15 is 0 Å². The van der Waals surface area contributed by atoms with E-state index in [0.717, 1.165) is 5.75 Å². The number of para-hydroxylation sites is 1. The molecule has 21 heavy (non-hydrogen) atoms. The standard InChI is InChI=1S/C16H15FN2OS/c1-2-21-16(18-14-11-7-6-10-13(14)17)19-15(20)12-8-4-3-5-9-12/h3-11H,2H2,1H3,(H,18,19,20). The summed E-state index contributed by atoms with van der Waals surface area (Å²) in [6, 6.07) is 15.1. The van der Waals surface area contributed by atoms with Crippen molar-refractivity contribution in [3.63, 3.8) is 0 Å². The van der Waals surface area contributed by atoms with E-state index in [1.807, 2.05) is 13.0 Å². The van der Waals surface area contributed by atoms with Crippen LogP contribution in [0.1, 0.15) is 17.3 Å². The number of rotatable bonds is 3. The highest BCUT2D eigenvalue weighted by Crippen LogP contribution is 2.18. The SMILES string of the molecule is CCSC(=Nc1ccccc1F)NC(=O)c1ccccc1. The quantitative estimate of drug-likeness (QED) is 0.688. The van der Waals surface area contributed by atoms with E-state index in [2.05, 4.69) is 10.3 Å². The Morgan fingerprint density at radius 3 is 2.48 bits per heavy atom. The fourth-order valence-electron chi connectivity index (χ4n) is 1.64. The second-order valence-electron chi connectivity index (χ2n) is 4.12. The lowest BCUT2D eigenvalue weighted by Gasteiger charge is -2.08. The fraction of sp³-hybridized carbons (Fsp3) is 0.125. The molecule has 1 N–H and O–H groups in total. The number of halogens is 1. The van der Waals surface area contributed by atoms with Gasteiger partial charge in [0.15, 0.2) is 5.17 Å². The van der Waals surface area contributed by atoms with Crippen LogP contribution < -0.4 is 5.32 Å². The summed E-state index contributed by atoms with van der Waals surface area (Å²) in [7, 11) is 0. The Bertz CT molecular complexity index is 644. The molecule has 0 unspecified atom stereocenters. The van der Waals surface area contributed by atoms with Crippen LogP contribution >= 0.6 is 11.8 Å². The Morgan fingerprint density at radius 1 is 1.14 bits per heavy atom. The molecule has 0 bridgehead atoms. The Hall–Kier alpha value is -2.14. The molecule has 0 fully saturated rings. The summed E-state index contributed by atoms with van der Waals surface area (Å²) < 4.78 is 13.6. The minimum atomic E-state index is -0.416. The van der Waals surface area contributed by atoms with Gasteiger partial charge in [0.25, 0.3) is 5.91 Å². The molecule has 0 atom stereocenters. The molecule has 0 saturated carbocycles. The molecule has 108 valence electrons. The van der Waals surface area contributed by atoms with Crippen LogP contribution in [0.15, 0.2) is 59.6 Å². The van der Waals surface area contributed by atoms with E-state index in [1.165, 1.54) is 17.8 Å². The van der Waals surface area contributed by atoms with Gasteiger partial charge in [0.1, 0.15) is 11.5 Å². The lowest BCUT2D eigenvalue weighted by atomic mass is 10.2. The fourth-order valence-corrected chi connectivity index (χ4v) is 2.24. The zero-order valence-corrected chi connectivity index (χ0v) is 12.4. The van der Waals surface area contributed by atoms with E-state index in [9.17, 15) is 9.18 Å². The van der Waals surface area contributed by atoms with Crippen molar-refractivity contribution in [1.29, 1.82) is 0 Å². The molecule has 0 aliphatic rings. The minimum absolute atomic E-state index is 0.210. The maximum absolute atomic E-state index is 13.6. The predicted molar refractivity (Wildman–Crippen MR) is 85.5 cm³/mol. The normalized spacial score (nSPS) is 11.2. The minimum Gasteiger partial charge on any atom is -0.301 e. The van der Waals surface area contributed by atoms with Crippen molar-refractivity contribution in [3.8, 4) is 0 Å². The third-order valence-electron chi connectivity index (χ3n) is 2.61. The number of amidine groups is 1. The van der Waals surface area contributed by atoms with Gasteiger partial charge >= 0.3 is 0 Å². The topological polar surface area (TPSA) is 41.5 Å². The molecular formula is C16H15FN2OS. The number of hydrogen-bond acceptors (Lipinski definition) is 3. The summed E-state index contributed by atoms with van der Waals surface area (Å²) in [4.78, 5) is 16.3. The summed E-state index contributed by atoms with van der Waals surface area (Å²) in [5, 5.41) is 3.10. The molecule has 1 amide bonds. The molecule has 2 rings (SSSR count). The molecule has 3 nitrogen and oxygen atoms in total. The van der Waals surface area contributed by atoms with Crippen molar-refractivity contribution >= 4 is 28.5 Å². The summed E-state index contributed by atoms with van der Waals surface area (Å²) >= 11 is 1.35. The smallest absolute Gasteiger partial charge is 0.257 e. The van der Waals surface area contributed by atoms with Gasteiger partial charge in [0.2, 0.25) is 0 Å². The monoisotopic (exact) mass is 302 g/mol. The van der Waals surface area contributed by atoms with E-state index in [0.29, 0.717) is 10.7 Å². The maximum atomic E-state index is 13.6. The molecule has 5 heteroatoms. The molecule has 0 aliphatic carbocycles. The van der Waals surface area contributed by atoms with Gasteiger partial charge in [-0.3, -0.25) is 4.79 Å². The van der Waals surface area contributed by atoms with Gasteiger partial charge in [-0.1, -0.05) is 49.0 Å². The number of benzene rings is 2. The number of aliphatic imine (C=N–C) groups is 1. The summed E-state index contributed by atoms with van der Waals surface area (Å²) in [5.74, 6) is 0.0508. The first kappa shape index (κ1) is 15.3. The Balaban J connectivity index is 2.20. The van der Waals surface area contributed by atoms with Crippen LogP contribution in [0, 0.1) is 5.82 Å². The van der Waals surface area contributed by atoms with Gasteiger partial charge in [-0.2, -0.15) is 0 Å². The number of carbonyl (C=O) groups excluding carboxylic acids is 1. The van der Waals surface area contributed by atoms with Crippen LogP contribution in [0.5, 0.6) is 0 Å². The summed E-state index contributed by atoms with van der Waals surface area (Å²) in [6.45, 7) is 1.94. The first-order valence-corrected chi connectivity index (χ1v) is 7.51. The molecule has 2 aromatic carbocycles. The Morgan fingerprint density at radius 2 is 1.81 bits per heavy atom. The lowest BCUT2D eigenvalue weighted by molar-refractivity contribution is 0.0978. The van der Waals surface area contributed by atoms with Crippen LogP contribution in [0.2, 0.25) is 0 Å². The van der Waals surface area contributed by atoms with E-state index in [-0.39, 0.29) is 11.6 Å². The Kier molecular flexibility index (Phi) is 5.51. The average Bonchev–Trinajstić information content (AvgIpc) is 2.50. The van der Waals surface area contributed by atoms with Crippen molar-refractivity contribution in [1.82, 2.24) is 5.32 Å². The van der Waals surface area contributed by atoms with Gasteiger partial charge < -0.3 is 5.32 Å². The van der Waals surface area contributed by atoms with Gasteiger partial charge in [-0.25, -0.2) is 9.38 Å². The molecule has 0 aliphatic heterocycles. The van der Waals surface area contributed by atoms with Crippen LogP contribution in [-0.4, -0.2) is 16.8 Å². The van der Waals surface area contributed by atoms with Crippen LogP contribution in [0.3, 0.4) is 0 Å². The molecule has 0 aromatic heterocycles. The van der Waals surface area contributed by atoms with E-state index in [4.69, 9.17) is 0 Å². The van der Waals surface area contributed by atoms with Gasteiger partial charge in [0, 0.05) is 5.56 Å². The third kappa shape index (κ3) is 4.43. The largest absolute Gasteiger partial charge is 0.301 e. The number of nitrogens with one attached hydrogen (secondary N) is 1. The van der Waals surface area contributed by atoms with Crippen LogP contribution in [-0.2, 0) is 0 Å². The van der Waals surface area contributed by atoms with Crippen molar-refractivity contribution in [2.75, 3.05) is 5.75 Å². The number of nitrogens with zero attached hydrogens (tertiary/aromatic N) is 1. The van der Waals surface area contributed by atoms with Crippen molar-refractivity contribution < 1.29 is 9.18 Å². The third-order valence-corrected chi connectivity index (χ3v) is 3.37. The molecule has 2 aromatic rings. The van der Waals surface area contributed by atoms with Gasteiger partial charge in [-0.15, -0.1) is 0 Å². The second kappa shape index (κ2) is 7.59. The zero-order chi connectivity index (χ0) is 15.1. The first-order valence-electron chi connectivity index (χ1n) is 6.53. The Labute approximate surface area is 127 Å². The van der Waals surface area contributed by atoms with E-state index < -0.39 is 5.82 Å². The molecule has 0 heterocycles. The lowest BCUT2D eigenvalue weighted by Crippen LogP contribution is -2.28. The number of carbonyl (C=O) groups is 1. The summed E-state index contributed by atoms with van der Waals surface area (Å²) in [6.07, 6.45) is 0. The van der Waals surface area contributed by atoms with Crippen molar-refractivity contribution in [3.05, 3.63) is 66.0 Å². The van der Waals surface area contributed by atoms with E-state index in [1.54, 1.807) is 42.5 Å². The number of amides is 1. The highest BCUT2D eigenvalue weighted by Gasteiger charge is 2.09. The van der Waals surface area contributed by atoms with Crippen LogP contribution in [0.4, 0.5) is 10.1 Å². The first-order chi connectivity index (χ1) is 10.2. The molecule has 0 radical (unpaired) electrons. The average molecular weight is 302 g/mol. The number of thioether (sulfide) groups is 1. The maximum Gasteiger partial charge on any atom is 0.257 e. The number of hydrogen-bond donors (Lipinski definition) is 1. The summed E-state index contributed by atoms with van der Waals surface area (Å²) in [5.41, 5.74) is 0.747. The highest BCUT2D eigenvalue weighted by molar-refractivity contribution is 8.13. The van der Waals surface area contributed by atoms with Crippen LogP contribution in [0.25, 0.3) is 0 Å². The highest BCUT2D eigenvalue weighted by atomic mass is 32.2.